The number of nitrogens with zero attached hydrogens (tertiary/aromatic N) is 1. The zero-order valence-electron chi connectivity index (χ0n) is 28.5. The highest BCUT2D eigenvalue weighted by Crippen LogP contribution is 2.31. The molecule has 1 saturated carbocycles. The molecule has 2 fully saturated rings. The number of likely N-dealkylation sites (tertiary alicyclic amines) is 1. The van der Waals surface area contributed by atoms with Crippen molar-refractivity contribution in [2.75, 3.05) is 26.3 Å². The summed E-state index contributed by atoms with van der Waals surface area (Å²) < 4.78 is 10.5. The Morgan fingerprint density at radius 2 is 1.56 bits per heavy atom. The monoisotopic (exact) mass is 701 g/mol. The second kappa shape index (κ2) is 18.4. The Kier molecular flexibility index (Phi) is 13.5. The molecule has 50 heavy (non-hydrogen) atoms. The standard InChI is InChI=1S/C38H47N5O6S/c1-2-48-32(44)24-40-34(33(27-15-8-4-9-16-27)28-17-10-5-11-18-28)37(46)43-22-12-19-30(43)36(45)41-23-29-20-21-31(50-29)35(39)42-38(47)49-25-26-13-6-3-7-14-26/h4-5,8-11,15-18,20-21,26,30,33-34,40H,2-3,6-7,12-14,19,22-25H2,1H3,(H,41,45)(H2,39,42,47)/t30-,34+/m0/s1. The summed E-state index contributed by atoms with van der Waals surface area (Å²) in [6, 6.07) is 21.4. The molecule has 1 aromatic heterocycles. The molecule has 5 rings (SSSR count). The lowest BCUT2D eigenvalue weighted by Gasteiger charge is -2.33. The van der Waals surface area contributed by atoms with E-state index in [0.29, 0.717) is 36.8 Å². The van der Waals surface area contributed by atoms with E-state index in [1.54, 1.807) is 24.0 Å². The normalized spacial score (nSPS) is 16.8. The van der Waals surface area contributed by atoms with E-state index < -0.39 is 30.1 Å². The van der Waals surface area contributed by atoms with Crippen LogP contribution in [-0.4, -0.2) is 73.0 Å². The number of nitrogens with one attached hydrogen (secondary N) is 4. The van der Waals surface area contributed by atoms with Gasteiger partial charge in [0.25, 0.3) is 0 Å². The highest BCUT2D eigenvalue weighted by atomic mass is 32.1. The number of ether oxygens (including phenoxy) is 2. The number of alkyl carbamates (subject to hydrolysis) is 1. The van der Waals surface area contributed by atoms with Crippen molar-refractivity contribution in [3.05, 3.63) is 93.7 Å². The van der Waals surface area contributed by atoms with E-state index in [2.05, 4.69) is 16.0 Å². The SMILES string of the molecule is CCOC(=O)CN[C@@H](C(=O)N1CCC[C@H]1C(=O)NCc1ccc(C(=N)NC(=O)OCC2CCCCC2)s1)C(c1ccccc1)c1ccccc1. The van der Waals surface area contributed by atoms with Gasteiger partial charge in [-0.3, -0.25) is 30.4 Å². The molecule has 12 heteroatoms. The van der Waals surface area contributed by atoms with Crippen LogP contribution in [-0.2, 0) is 30.4 Å². The Bertz CT molecular complexity index is 1550. The first-order chi connectivity index (χ1) is 24.3. The van der Waals surface area contributed by atoms with Crippen molar-refractivity contribution >= 4 is 41.0 Å². The zero-order chi connectivity index (χ0) is 35.3. The van der Waals surface area contributed by atoms with Gasteiger partial charge in [-0.25, -0.2) is 4.79 Å². The first-order valence-electron chi connectivity index (χ1n) is 17.5. The van der Waals surface area contributed by atoms with Crippen LogP contribution in [0.15, 0.2) is 72.8 Å². The summed E-state index contributed by atoms with van der Waals surface area (Å²) in [4.78, 5) is 55.8. The van der Waals surface area contributed by atoms with Crippen LogP contribution in [0.2, 0.25) is 0 Å². The van der Waals surface area contributed by atoms with Gasteiger partial charge >= 0.3 is 12.1 Å². The summed E-state index contributed by atoms with van der Waals surface area (Å²) in [7, 11) is 0. The average molecular weight is 702 g/mol. The van der Waals surface area contributed by atoms with Crippen molar-refractivity contribution in [3.8, 4) is 0 Å². The number of hydrogen-bond donors (Lipinski definition) is 4. The minimum absolute atomic E-state index is 0.0541. The lowest BCUT2D eigenvalue weighted by atomic mass is 9.84. The maximum atomic E-state index is 14.5. The predicted molar refractivity (Wildman–Crippen MR) is 192 cm³/mol. The minimum Gasteiger partial charge on any atom is -0.465 e. The third-order valence-corrected chi connectivity index (χ3v) is 10.4. The van der Waals surface area contributed by atoms with Crippen molar-refractivity contribution in [2.24, 2.45) is 5.92 Å². The van der Waals surface area contributed by atoms with Gasteiger partial charge < -0.3 is 19.7 Å². The average Bonchev–Trinajstić information content (AvgIpc) is 3.83. The number of rotatable bonds is 14. The van der Waals surface area contributed by atoms with Gasteiger partial charge in [0.15, 0.2) is 0 Å². The second-order valence-corrected chi connectivity index (χ2v) is 13.9. The molecule has 3 aromatic rings. The molecule has 0 radical (unpaired) electrons. The van der Waals surface area contributed by atoms with Crippen molar-refractivity contribution < 1.29 is 28.7 Å². The Balaban J connectivity index is 1.23. The van der Waals surface area contributed by atoms with Gasteiger partial charge in [-0.2, -0.15) is 0 Å². The first kappa shape index (κ1) is 36.7. The number of carbonyl (C=O) groups is 4. The van der Waals surface area contributed by atoms with Gasteiger partial charge in [0.05, 0.1) is 37.2 Å². The van der Waals surface area contributed by atoms with E-state index in [1.807, 2.05) is 60.7 Å². The molecular formula is C38H47N5O6S. The van der Waals surface area contributed by atoms with Crippen LogP contribution in [0.4, 0.5) is 4.79 Å². The molecule has 3 amide bonds. The number of thiophene rings is 1. The molecule has 2 aliphatic rings. The van der Waals surface area contributed by atoms with Gasteiger partial charge in [0.2, 0.25) is 11.8 Å². The summed E-state index contributed by atoms with van der Waals surface area (Å²) in [5.41, 5.74) is 1.80. The smallest absolute Gasteiger partial charge is 0.412 e. The molecule has 1 saturated heterocycles. The number of esters is 1. The van der Waals surface area contributed by atoms with Gasteiger partial charge in [0, 0.05) is 17.3 Å². The molecule has 1 aliphatic heterocycles. The van der Waals surface area contributed by atoms with Crippen LogP contribution in [0.5, 0.6) is 0 Å². The summed E-state index contributed by atoms with van der Waals surface area (Å²) in [6.45, 7) is 2.79. The third kappa shape index (κ3) is 10.0. The number of benzene rings is 2. The zero-order valence-corrected chi connectivity index (χ0v) is 29.3. The largest absolute Gasteiger partial charge is 0.465 e. The topological polar surface area (TPSA) is 150 Å². The summed E-state index contributed by atoms with van der Waals surface area (Å²) >= 11 is 1.29. The lowest BCUT2D eigenvalue weighted by Crippen LogP contribution is -2.55. The van der Waals surface area contributed by atoms with Crippen LogP contribution in [0, 0.1) is 11.3 Å². The number of amides is 3. The van der Waals surface area contributed by atoms with E-state index in [4.69, 9.17) is 14.9 Å². The molecule has 11 nitrogen and oxygen atoms in total. The fraction of sp³-hybridized carbons (Fsp3) is 0.447. The van der Waals surface area contributed by atoms with E-state index in [9.17, 15) is 19.2 Å². The van der Waals surface area contributed by atoms with Crippen LogP contribution < -0.4 is 16.0 Å². The Morgan fingerprint density at radius 1 is 0.880 bits per heavy atom. The minimum atomic E-state index is -0.842. The van der Waals surface area contributed by atoms with Gasteiger partial charge in [-0.05, 0) is 61.8 Å². The second-order valence-electron chi connectivity index (χ2n) is 12.7. The van der Waals surface area contributed by atoms with Crippen LogP contribution in [0.25, 0.3) is 0 Å². The van der Waals surface area contributed by atoms with Crippen molar-refractivity contribution in [1.29, 1.82) is 5.41 Å². The van der Waals surface area contributed by atoms with Crippen LogP contribution in [0.3, 0.4) is 0 Å². The summed E-state index contributed by atoms with van der Waals surface area (Å²) in [5.74, 6) is -1.10. The molecular weight excluding hydrogens is 655 g/mol. The van der Waals surface area contributed by atoms with E-state index >= 15 is 0 Å². The van der Waals surface area contributed by atoms with Crippen LogP contribution in [0.1, 0.15) is 78.7 Å². The van der Waals surface area contributed by atoms with Crippen molar-refractivity contribution in [3.63, 3.8) is 0 Å². The molecule has 0 bridgehead atoms. The van der Waals surface area contributed by atoms with E-state index in [0.717, 1.165) is 41.7 Å². The molecule has 0 unspecified atom stereocenters. The number of amidine groups is 1. The molecule has 2 atom stereocenters. The fourth-order valence-corrected chi connectivity index (χ4v) is 7.63. The molecule has 4 N–H and O–H groups in total. The fourth-order valence-electron chi connectivity index (χ4n) is 6.78. The Labute approximate surface area is 297 Å². The van der Waals surface area contributed by atoms with Gasteiger partial charge in [0.1, 0.15) is 11.9 Å². The van der Waals surface area contributed by atoms with Gasteiger partial charge in [-0.1, -0.05) is 79.9 Å². The van der Waals surface area contributed by atoms with Gasteiger partial charge in [-0.15, -0.1) is 11.3 Å². The molecule has 2 aromatic carbocycles. The number of hydrogen-bond acceptors (Lipinski definition) is 9. The molecule has 0 spiro atoms. The van der Waals surface area contributed by atoms with Crippen molar-refractivity contribution in [1.82, 2.24) is 20.9 Å². The predicted octanol–water partition coefficient (Wildman–Crippen LogP) is 5.34. The molecule has 1 aliphatic carbocycles. The summed E-state index contributed by atoms with van der Waals surface area (Å²) in [6.07, 6.45) is 6.21. The maximum Gasteiger partial charge on any atom is 0.412 e. The van der Waals surface area contributed by atoms with Crippen molar-refractivity contribution in [2.45, 2.75) is 76.4 Å². The lowest BCUT2D eigenvalue weighted by molar-refractivity contribution is -0.143. The third-order valence-electron chi connectivity index (χ3n) is 9.27. The van der Waals surface area contributed by atoms with E-state index in [1.165, 1.54) is 17.8 Å². The number of carbonyl (C=O) groups excluding carboxylic acids is 4. The van der Waals surface area contributed by atoms with Crippen LogP contribution >= 0.6 is 11.3 Å². The molecule has 266 valence electrons. The highest BCUT2D eigenvalue weighted by molar-refractivity contribution is 7.14. The maximum absolute atomic E-state index is 14.5. The van der Waals surface area contributed by atoms with E-state index in [-0.39, 0.29) is 37.3 Å². The molecule has 2 heterocycles. The quantitative estimate of drug-likeness (QED) is 0.101. The Morgan fingerprint density at radius 3 is 2.22 bits per heavy atom. The first-order valence-corrected chi connectivity index (χ1v) is 18.3. The summed E-state index contributed by atoms with van der Waals surface area (Å²) in [5, 5.41) is 17.0. The Hall–Kier alpha value is -4.55. The highest BCUT2D eigenvalue weighted by Gasteiger charge is 2.41.